The molecule has 0 aliphatic heterocycles. The maximum atomic E-state index is 11.0. The lowest BCUT2D eigenvalue weighted by atomic mass is 10.2. The molecular weight excluding hydrogens is 220 g/mol. The van der Waals surface area contributed by atoms with Crippen molar-refractivity contribution in [3.05, 3.63) is 36.6 Å². The molecule has 0 aromatic rings. The van der Waals surface area contributed by atoms with E-state index in [0.29, 0.717) is 0 Å². The molecule has 0 N–H and O–H groups in total. The number of carbonyl (C=O) groups excluding carboxylic acids is 2. The van der Waals surface area contributed by atoms with Crippen molar-refractivity contribution in [2.24, 2.45) is 0 Å². The fourth-order valence-corrected chi connectivity index (χ4v) is 0.892. The van der Waals surface area contributed by atoms with Crippen LogP contribution in [0.3, 0.4) is 0 Å². The number of methoxy groups -OCH3 is 1. The Morgan fingerprint density at radius 1 is 1.12 bits per heavy atom. The zero-order valence-electron chi connectivity index (χ0n) is 10.2. The zero-order chi connectivity index (χ0) is 12.9. The number of rotatable bonds is 7. The van der Waals surface area contributed by atoms with Gasteiger partial charge < -0.3 is 9.47 Å². The summed E-state index contributed by atoms with van der Waals surface area (Å²) in [5.74, 6) is -1.21. The second-order valence-electron chi connectivity index (χ2n) is 3.19. The highest BCUT2D eigenvalue weighted by Gasteiger charge is 1.96. The zero-order valence-corrected chi connectivity index (χ0v) is 10.2. The quantitative estimate of drug-likeness (QED) is 0.225. The van der Waals surface area contributed by atoms with E-state index in [2.05, 4.69) is 16.4 Å². The molecule has 94 valence electrons. The second-order valence-corrected chi connectivity index (χ2v) is 3.19. The van der Waals surface area contributed by atoms with Gasteiger partial charge in [0.05, 0.1) is 13.4 Å². The van der Waals surface area contributed by atoms with Gasteiger partial charge in [0.1, 0.15) is 0 Å². The van der Waals surface area contributed by atoms with E-state index in [-0.39, 0.29) is 0 Å². The lowest BCUT2D eigenvalue weighted by Crippen LogP contribution is -1.98. The maximum Gasteiger partial charge on any atom is 0.335 e. The molecule has 0 aliphatic carbocycles. The summed E-state index contributed by atoms with van der Waals surface area (Å²) in [4.78, 5) is 21.7. The molecule has 0 atom stereocenters. The molecule has 0 bridgehead atoms. The van der Waals surface area contributed by atoms with E-state index in [1.807, 2.05) is 12.2 Å². The highest BCUT2D eigenvalue weighted by atomic mass is 16.5. The summed E-state index contributed by atoms with van der Waals surface area (Å²) >= 11 is 0. The summed E-state index contributed by atoms with van der Waals surface area (Å²) in [7, 11) is 1.24. The van der Waals surface area contributed by atoms with E-state index in [1.165, 1.54) is 13.4 Å². The third-order valence-corrected chi connectivity index (χ3v) is 1.79. The first-order valence-corrected chi connectivity index (χ1v) is 5.49. The van der Waals surface area contributed by atoms with Crippen LogP contribution >= 0.6 is 0 Å². The van der Waals surface area contributed by atoms with Crippen molar-refractivity contribution in [2.45, 2.75) is 26.2 Å². The largest absolute Gasteiger partial charge is 0.466 e. The van der Waals surface area contributed by atoms with E-state index >= 15 is 0 Å². The molecule has 17 heavy (non-hydrogen) atoms. The van der Waals surface area contributed by atoms with Crippen molar-refractivity contribution in [1.29, 1.82) is 0 Å². The lowest BCUT2D eigenvalue weighted by molar-refractivity contribution is -0.136. The molecule has 0 unspecified atom stereocenters. The number of unbranched alkanes of at least 4 members (excludes halogenated alkanes) is 2. The summed E-state index contributed by atoms with van der Waals surface area (Å²) in [6.45, 7) is 2.12. The van der Waals surface area contributed by atoms with Crippen LogP contribution in [0.4, 0.5) is 0 Å². The maximum absolute atomic E-state index is 11.0. The van der Waals surface area contributed by atoms with Crippen LogP contribution in [0.5, 0.6) is 0 Å². The Labute approximate surface area is 102 Å². The molecule has 0 aromatic heterocycles. The minimum absolute atomic E-state index is 0.592. The van der Waals surface area contributed by atoms with Gasteiger partial charge in [-0.3, -0.25) is 0 Å². The van der Waals surface area contributed by atoms with E-state index in [4.69, 9.17) is 0 Å². The number of hydrogen-bond acceptors (Lipinski definition) is 4. The van der Waals surface area contributed by atoms with Gasteiger partial charge in [-0.1, -0.05) is 31.9 Å². The summed E-state index contributed by atoms with van der Waals surface area (Å²) in [5.41, 5.74) is 0. The van der Waals surface area contributed by atoms with Crippen LogP contribution in [0.25, 0.3) is 0 Å². The van der Waals surface area contributed by atoms with Gasteiger partial charge in [-0.25, -0.2) is 9.59 Å². The minimum atomic E-state index is -0.617. The summed E-state index contributed by atoms with van der Waals surface area (Å²) in [6.07, 6.45) is 12.0. The van der Waals surface area contributed by atoms with Crippen molar-refractivity contribution >= 4 is 11.9 Å². The van der Waals surface area contributed by atoms with Gasteiger partial charge in [0.25, 0.3) is 0 Å². The van der Waals surface area contributed by atoms with E-state index in [9.17, 15) is 9.59 Å². The highest BCUT2D eigenvalue weighted by Crippen LogP contribution is 1.95. The molecule has 0 rings (SSSR count). The minimum Gasteiger partial charge on any atom is -0.466 e. The lowest BCUT2D eigenvalue weighted by Gasteiger charge is -1.91. The summed E-state index contributed by atoms with van der Waals surface area (Å²) < 4.78 is 9.00. The summed E-state index contributed by atoms with van der Waals surface area (Å²) in [5, 5.41) is 0. The highest BCUT2D eigenvalue weighted by molar-refractivity contribution is 5.91. The Morgan fingerprint density at radius 3 is 2.47 bits per heavy atom. The second kappa shape index (κ2) is 10.7. The molecule has 0 spiro atoms. The Balaban J connectivity index is 3.76. The molecule has 0 aliphatic rings. The van der Waals surface area contributed by atoms with E-state index in [0.717, 1.165) is 31.4 Å². The molecule has 0 saturated heterocycles. The standard InChI is InChI=1S/C13H18O4/c1-3-4-5-6-7-8-11-17-13(15)10-9-12(14)16-2/h6-11H,3-5H2,1-2H3. The summed E-state index contributed by atoms with van der Waals surface area (Å²) in [6, 6.07) is 0. The first-order chi connectivity index (χ1) is 8.20. The van der Waals surface area contributed by atoms with Crippen LogP contribution in [0.15, 0.2) is 36.6 Å². The molecular formula is C13H18O4. The van der Waals surface area contributed by atoms with Crippen LogP contribution in [0.1, 0.15) is 26.2 Å². The number of allylic oxidation sites excluding steroid dienone is 3. The van der Waals surface area contributed by atoms with Crippen molar-refractivity contribution in [2.75, 3.05) is 7.11 Å². The molecule has 0 heterocycles. The molecule has 4 heteroatoms. The van der Waals surface area contributed by atoms with E-state index in [1.54, 1.807) is 6.08 Å². The van der Waals surface area contributed by atoms with Crippen molar-refractivity contribution in [3.8, 4) is 0 Å². The van der Waals surface area contributed by atoms with Crippen LogP contribution in [-0.4, -0.2) is 19.0 Å². The van der Waals surface area contributed by atoms with Gasteiger partial charge in [0, 0.05) is 12.2 Å². The van der Waals surface area contributed by atoms with Crippen molar-refractivity contribution in [3.63, 3.8) is 0 Å². The van der Waals surface area contributed by atoms with Crippen LogP contribution in [0.2, 0.25) is 0 Å². The van der Waals surface area contributed by atoms with Crippen LogP contribution in [-0.2, 0) is 19.1 Å². The molecule has 0 aromatic carbocycles. The Morgan fingerprint density at radius 2 is 1.82 bits per heavy atom. The van der Waals surface area contributed by atoms with Gasteiger partial charge in [-0.2, -0.15) is 0 Å². The predicted molar refractivity (Wildman–Crippen MR) is 65.1 cm³/mol. The predicted octanol–water partition coefficient (Wildman–Crippen LogP) is 2.52. The third-order valence-electron chi connectivity index (χ3n) is 1.79. The van der Waals surface area contributed by atoms with Gasteiger partial charge in [-0.05, 0) is 12.5 Å². The number of esters is 2. The van der Waals surface area contributed by atoms with E-state index < -0.39 is 11.9 Å². The average molecular weight is 238 g/mol. The Bertz CT molecular complexity index is 313. The monoisotopic (exact) mass is 238 g/mol. The third kappa shape index (κ3) is 10.4. The Kier molecular flexibility index (Phi) is 9.52. The average Bonchev–Trinajstić information content (AvgIpc) is 2.34. The smallest absolute Gasteiger partial charge is 0.335 e. The molecule has 0 saturated carbocycles. The topological polar surface area (TPSA) is 52.6 Å². The van der Waals surface area contributed by atoms with Crippen molar-refractivity contribution in [1.82, 2.24) is 0 Å². The normalized spacial score (nSPS) is 11.4. The number of hydrogen-bond donors (Lipinski definition) is 0. The van der Waals surface area contributed by atoms with Crippen molar-refractivity contribution < 1.29 is 19.1 Å². The van der Waals surface area contributed by atoms with Gasteiger partial charge in [0.2, 0.25) is 0 Å². The first kappa shape index (κ1) is 15.2. The van der Waals surface area contributed by atoms with Crippen LogP contribution < -0.4 is 0 Å². The molecule has 0 fully saturated rings. The molecule has 0 amide bonds. The molecule has 0 radical (unpaired) electrons. The molecule has 4 nitrogen and oxygen atoms in total. The van der Waals surface area contributed by atoms with Gasteiger partial charge >= 0.3 is 11.9 Å². The van der Waals surface area contributed by atoms with Crippen LogP contribution in [0, 0.1) is 0 Å². The Hall–Kier alpha value is -1.84. The first-order valence-electron chi connectivity index (χ1n) is 5.49. The number of carbonyl (C=O) groups is 2. The van der Waals surface area contributed by atoms with Gasteiger partial charge in [0.15, 0.2) is 0 Å². The fourth-order valence-electron chi connectivity index (χ4n) is 0.892. The van der Waals surface area contributed by atoms with Gasteiger partial charge in [-0.15, -0.1) is 0 Å². The SMILES string of the molecule is CCCCC=CC=COC(=O)C=CC(=O)OC. The fraction of sp³-hybridized carbons (Fsp3) is 0.385. The number of ether oxygens (including phenoxy) is 2.